The van der Waals surface area contributed by atoms with Crippen LogP contribution in [0.1, 0.15) is 52.0 Å². The van der Waals surface area contributed by atoms with Gasteiger partial charge in [0, 0.05) is 15.2 Å². The summed E-state index contributed by atoms with van der Waals surface area (Å²) in [6, 6.07) is 0. The van der Waals surface area contributed by atoms with Gasteiger partial charge in [-0.1, -0.05) is 0 Å². The lowest BCUT2D eigenvalue weighted by Gasteiger charge is -2.28. The summed E-state index contributed by atoms with van der Waals surface area (Å²) in [5.74, 6) is 0. The van der Waals surface area contributed by atoms with E-state index < -0.39 is 28.6 Å². The standard InChI is InChI=1S/C17H26N2O5S2/c1-10-11(25-9-12(10)26-13(18)20)8-19(14(21)23-16(2,3)4)15(22)24-17(5,6)7/h9H,8H2,1-7H3,(H2,18,20). The molecule has 1 aromatic heterocycles. The van der Waals surface area contributed by atoms with Crippen molar-refractivity contribution in [3.05, 3.63) is 15.8 Å². The molecule has 0 spiro atoms. The molecule has 1 heterocycles. The molecule has 0 aliphatic carbocycles. The van der Waals surface area contributed by atoms with Crippen LogP contribution in [0.4, 0.5) is 14.4 Å². The quantitative estimate of drug-likeness (QED) is 0.722. The van der Waals surface area contributed by atoms with Crippen molar-refractivity contribution in [1.29, 1.82) is 0 Å². The first-order chi connectivity index (χ1) is 11.7. The third-order valence-corrected chi connectivity index (χ3v) is 4.90. The molecule has 0 bridgehead atoms. The normalized spacial score (nSPS) is 11.8. The number of hydrogen-bond acceptors (Lipinski definition) is 7. The first kappa shape index (κ1) is 22.3. The van der Waals surface area contributed by atoms with Crippen LogP contribution < -0.4 is 5.73 Å². The molecule has 0 saturated heterocycles. The van der Waals surface area contributed by atoms with Crippen LogP contribution in [0.15, 0.2) is 10.3 Å². The molecule has 1 rings (SSSR count). The Kier molecular flexibility index (Phi) is 7.12. The number of nitrogens with zero attached hydrogens (tertiary/aromatic N) is 1. The SMILES string of the molecule is Cc1c(SC(N)=O)csc1CN(C(=O)OC(C)(C)C)C(=O)OC(C)(C)C. The number of carbonyl (C=O) groups is 3. The number of thioether (sulfide) groups is 1. The van der Waals surface area contributed by atoms with Crippen molar-refractivity contribution in [1.82, 2.24) is 4.90 Å². The van der Waals surface area contributed by atoms with Gasteiger partial charge in [-0.05, 0) is 65.8 Å². The van der Waals surface area contributed by atoms with Crippen LogP contribution in [0.2, 0.25) is 0 Å². The summed E-state index contributed by atoms with van der Waals surface area (Å²) < 4.78 is 10.7. The van der Waals surface area contributed by atoms with Crippen LogP contribution in [0, 0.1) is 6.92 Å². The predicted octanol–water partition coefficient (Wildman–Crippen LogP) is 4.90. The number of nitrogens with two attached hydrogens (primary N) is 1. The van der Waals surface area contributed by atoms with Crippen molar-refractivity contribution in [2.45, 2.75) is 71.1 Å². The number of ether oxygens (including phenoxy) is 2. The minimum absolute atomic E-state index is 0.0142. The molecule has 0 aliphatic heterocycles. The van der Waals surface area contributed by atoms with E-state index in [2.05, 4.69) is 0 Å². The van der Waals surface area contributed by atoms with Gasteiger partial charge < -0.3 is 15.2 Å². The van der Waals surface area contributed by atoms with Gasteiger partial charge in [0.15, 0.2) is 0 Å². The van der Waals surface area contributed by atoms with E-state index in [1.165, 1.54) is 11.3 Å². The third-order valence-electron chi connectivity index (χ3n) is 2.84. The molecule has 0 saturated carbocycles. The first-order valence-corrected chi connectivity index (χ1v) is 9.67. The number of hydrogen-bond donors (Lipinski definition) is 1. The number of thiophene rings is 1. The van der Waals surface area contributed by atoms with E-state index in [0.717, 1.165) is 27.1 Å². The summed E-state index contributed by atoms with van der Waals surface area (Å²) in [4.78, 5) is 38.5. The lowest BCUT2D eigenvalue weighted by atomic mass is 10.2. The minimum atomic E-state index is -0.788. The molecular formula is C17H26N2O5S2. The van der Waals surface area contributed by atoms with E-state index in [9.17, 15) is 14.4 Å². The molecular weight excluding hydrogens is 376 g/mol. The highest BCUT2D eigenvalue weighted by Gasteiger charge is 2.32. The Morgan fingerprint density at radius 1 is 1.08 bits per heavy atom. The van der Waals surface area contributed by atoms with Gasteiger partial charge in [-0.15, -0.1) is 11.3 Å². The van der Waals surface area contributed by atoms with Crippen LogP contribution >= 0.6 is 23.1 Å². The lowest BCUT2D eigenvalue weighted by Crippen LogP contribution is -2.43. The van der Waals surface area contributed by atoms with Crippen molar-refractivity contribution >= 4 is 40.5 Å². The second-order valence-corrected chi connectivity index (χ2v) is 9.63. The number of primary amides is 1. The molecule has 146 valence electrons. The lowest BCUT2D eigenvalue weighted by molar-refractivity contribution is -0.0000796. The summed E-state index contributed by atoms with van der Waals surface area (Å²) in [7, 11) is 0. The van der Waals surface area contributed by atoms with Crippen molar-refractivity contribution in [3.8, 4) is 0 Å². The zero-order valence-corrected chi connectivity index (χ0v) is 17.8. The van der Waals surface area contributed by atoms with Gasteiger partial charge in [0.2, 0.25) is 0 Å². The Hall–Kier alpha value is -1.74. The van der Waals surface area contributed by atoms with Crippen molar-refractivity contribution in [2.75, 3.05) is 0 Å². The summed E-state index contributed by atoms with van der Waals surface area (Å²) in [6.45, 7) is 12.1. The zero-order chi connectivity index (χ0) is 20.3. The molecule has 3 amide bonds. The molecule has 0 unspecified atom stereocenters. The van der Waals surface area contributed by atoms with Crippen LogP contribution in [0.5, 0.6) is 0 Å². The fourth-order valence-electron chi connectivity index (χ4n) is 1.78. The minimum Gasteiger partial charge on any atom is -0.443 e. The molecule has 2 N–H and O–H groups in total. The Labute approximate surface area is 162 Å². The summed E-state index contributed by atoms with van der Waals surface area (Å²) >= 11 is 2.24. The number of rotatable bonds is 3. The number of imide groups is 1. The fourth-order valence-corrected chi connectivity index (χ4v) is 3.60. The van der Waals surface area contributed by atoms with E-state index in [1.807, 2.05) is 0 Å². The average molecular weight is 403 g/mol. The second kappa shape index (κ2) is 8.30. The highest BCUT2D eigenvalue weighted by Crippen LogP contribution is 2.32. The fraction of sp³-hybridized carbons (Fsp3) is 0.588. The molecule has 26 heavy (non-hydrogen) atoms. The van der Waals surface area contributed by atoms with Crippen LogP contribution in [-0.4, -0.2) is 33.5 Å². The van der Waals surface area contributed by atoms with Crippen molar-refractivity contribution in [3.63, 3.8) is 0 Å². The molecule has 0 aliphatic rings. The summed E-state index contributed by atoms with van der Waals surface area (Å²) in [6.07, 6.45) is -1.58. The van der Waals surface area contributed by atoms with E-state index in [4.69, 9.17) is 15.2 Å². The molecule has 0 radical (unpaired) electrons. The van der Waals surface area contributed by atoms with Gasteiger partial charge in [-0.3, -0.25) is 4.79 Å². The Morgan fingerprint density at radius 3 is 1.92 bits per heavy atom. The molecule has 7 nitrogen and oxygen atoms in total. The topological polar surface area (TPSA) is 98.9 Å². The Bertz CT molecular complexity index is 658. The summed E-state index contributed by atoms with van der Waals surface area (Å²) in [5.41, 5.74) is 4.49. The van der Waals surface area contributed by atoms with Gasteiger partial charge in [-0.2, -0.15) is 0 Å². The number of carbonyl (C=O) groups excluding carboxylic acids is 3. The van der Waals surface area contributed by atoms with Gasteiger partial charge in [0.05, 0.1) is 6.54 Å². The monoisotopic (exact) mass is 402 g/mol. The number of amides is 3. The van der Waals surface area contributed by atoms with Crippen molar-refractivity contribution in [2.24, 2.45) is 5.73 Å². The van der Waals surface area contributed by atoms with E-state index >= 15 is 0 Å². The smallest absolute Gasteiger partial charge is 0.420 e. The van der Waals surface area contributed by atoms with Gasteiger partial charge in [-0.25, -0.2) is 14.5 Å². The van der Waals surface area contributed by atoms with Gasteiger partial charge in [0.1, 0.15) is 11.2 Å². The third kappa shape index (κ3) is 7.25. The van der Waals surface area contributed by atoms with Crippen LogP contribution in [0.3, 0.4) is 0 Å². The molecule has 1 aromatic rings. The van der Waals surface area contributed by atoms with Crippen molar-refractivity contribution < 1.29 is 23.9 Å². The highest BCUT2D eigenvalue weighted by atomic mass is 32.2. The summed E-state index contributed by atoms with van der Waals surface area (Å²) in [5, 5.41) is 1.25. The Balaban J connectivity index is 3.09. The molecule has 9 heteroatoms. The largest absolute Gasteiger partial charge is 0.443 e. The Morgan fingerprint density at radius 2 is 1.54 bits per heavy atom. The molecule has 0 atom stereocenters. The van der Waals surface area contributed by atoms with E-state index in [-0.39, 0.29) is 6.54 Å². The maximum Gasteiger partial charge on any atom is 0.420 e. The maximum absolute atomic E-state index is 12.5. The predicted molar refractivity (Wildman–Crippen MR) is 103 cm³/mol. The second-order valence-electron chi connectivity index (χ2n) is 7.62. The van der Waals surface area contributed by atoms with E-state index in [1.54, 1.807) is 53.8 Å². The molecule has 0 fully saturated rings. The average Bonchev–Trinajstić information content (AvgIpc) is 2.72. The van der Waals surface area contributed by atoms with Gasteiger partial charge in [0.25, 0.3) is 5.24 Å². The van der Waals surface area contributed by atoms with Crippen LogP contribution in [-0.2, 0) is 16.0 Å². The van der Waals surface area contributed by atoms with Crippen LogP contribution in [0.25, 0.3) is 0 Å². The highest BCUT2D eigenvalue weighted by molar-refractivity contribution is 8.13. The van der Waals surface area contributed by atoms with E-state index in [0.29, 0.717) is 4.90 Å². The molecule has 0 aromatic carbocycles. The maximum atomic E-state index is 12.5. The zero-order valence-electron chi connectivity index (χ0n) is 16.2. The van der Waals surface area contributed by atoms with Gasteiger partial charge >= 0.3 is 12.2 Å². The first-order valence-electron chi connectivity index (χ1n) is 7.97.